The summed E-state index contributed by atoms with van der Waals surface area (Å²) in [6.45, 7) is 5.41. The molecule has 0 aliphatic heterocycles. The van der Waals surface area contributed by atoms with Crippen LogP contribution in [0.25, 0.3) is 0 Å². The molecule has 1 aromatic rings. The van der Waals surface area contributed by atoms with Crippen molar-refractivity contribution in [2.75, 3.05) is 24.6 Å². The lowest BCUT2D eigenvalue weighted by Crippen LogP contribution is -2.23. The molecular formula is C15H22N4O4. The summed E-state index contributed by atoms with van der Waals surface area (Å²) in [6.07, 6.45) is 1.94. The second-order valence-electron chi connectivity index (χ2n) is 4.79. The highest BCUT2D eigenvalue weighted by molar-refractivity contribution is 5.90. The zero-order valence-corrected chi connectivity index (χ0v) is 13.4. The first-order valence-electron chi connectivity index (χ1n) is 7.49. The number of carbonyl (C=O) groups is 1. The van der Waals surface area contributed by atoms with Crippen LogP contribution >= 0.6 is 0 Å². The van der Waals surface area contributed by atoms with Crippen molar-refractivity contribution in [2.45, 2.75) is 26.7 Å². The Labute approximate surface area is 134 Å². The number of carbonyl (C=O) groups excluding carboxylic acids is 1. The van der Waals surface area contributed by atoms with E-state index in [1.165, 1.54) is 18.3 Å². The Balaban J connectivity index is 2.98. The average Bonchev–Trinajstić information content (AvgIpc) is 2.54. The molecule has 0 bridgehead atoms. The summed E-state index contributed by atoms with van der Waals surface area (Å²) in [5.41, 5.74) is 3.69. The molecule has 0 fully saturated rings. The van der Waals surface area contributed by atoms with Crippen molar-refractivity contribution in [3.8, 4) is 0 Å². The van der Waals surface area contributed by atoms with Crippen LogP contribution in [0.1, 0.15) is 32.3 Å². The van der Waals surface area contributed by atoms with Gasteiger partial charge in [-0.3, -0.25) is 14.9 Å². The van der Waals surface area contributed by atoms with Crippen molar-refractivity contribution in [3.05, 3.63) is 33.9 Å². The summed E-state index contributed by atoms with van der Waals surface area (Å²) in [5, 5.41) is 23.4. The van der Waals surface area contributed by atoms with Crippen LogP contribution in [0.2, 0.25) is 0 Å². The quantitative estimate of drug-likeness (QED) is 0.408. The molecule has 0 aliphatic rings. The molecule has 0 spiro atoms. The molecule has 0 unspecified atom stereocenters. The predicted molar refractivity (Wildman–Crippen MR) is 88.7 cm³/mol. The highest BCUT2D eigenvalue weighted by Gasteiger charge is 2.13. The Morgan fingerprint density at radius 1 is 1.43 bits per heavy atom. The minimum absolute atomic E-state index is 0.0334. The van der Waals surface area contributed by atoms with Gasteiger partial charge in [-0.1, -0.05) is 0 Å². The number of anilines is 1. The third-order valence-electron chi connectivity index (χ3n) is 3.28. The lowest BCUT2D eigenvalue weighted by molar-refractivity contribution is -0.384. The highest BCUT2D eigenvalue weighted by Crippen LogP contribution is 2.24. The number of amides is 1. The molecule has 8 nitrogen and oxygen atoms in total. The standard InChI is InChI=1S/C15H22N4O4/c1-3-18(4-2)14-8-7-13(19(22)23)10-12(14)11-16-17-15(21)6-5-9-20/h7-8,10-11,20H,3-6,9H2,1-2H3,(H,17,21)/b16-11+. The Hall–Kier alpha value is -2.48. The molecule has 0 aromatic heterocycles. The largest absolute Gasteiger partial charge is 0.396 e. The SMILES string of the molecule is CCN(CC)c1ccc([N+](=O)[O-])cc1/C=N/NC(=O)CCCO. The Kier molecular flexibility index (Phi) is 7.69. The van der Waals surface area contributed by atoms with Crippen LogP contribution in [0.3, 0.4) is 0 Å². The number of hydrogen-bond acceptors (Lipinski definition) is 6. The van der Waals surface area contributed by atoms with Crippen LogP contribution in [-0.2, 0) is 4.79 Å². The van der Waals surface area contributed by atoms with Gasteiger partial charge in [0.15, 0.2) is 0 Å². The third-order valence-corrected chi connectivity index (χ3v) is 3.28. The number of nitro benzene ring substituents is 1. The van der Waals surface area contributed by atoms with Gasteiger partial charge in [-0.2, -0.15) is 5.10 Å². The van der Waals surface area contributed by atoms with Gasteiger partial charge in [0.2, 0.25) is 5.91 Å². The van der Waals surface area contributed by atoms with Gasteiger partial charge >= 0.3 is 0 Å². The number of hydrogen-bond donors (Lipinski definition) is 2. The number of nitrogens with zero attached hydrogens (tertiary/aromatic N) is 3. The molecule has 0 aliphatic carbocycles. The number of hydrazone groups is 1. The van der Waals surface area contributed by atoms with Gasteiger partial charge in [-0.25, -0.2) is 5.43 Å². The summed E-state index contributed by atoms with van der Waals surface area (Å²) >= 11 is 0. The molecule has 1 amide bonds. The molecule has 8 heteroatoms. The van der Waals surface area contributed by atoms with Gasteiger partial charge in [-0.05, 0) is 26.3 Å². The molecule has 0 atom stereocenters. The number of benzene rings is 1. The first-order chi connectivity index (χ1) is 11.0. The average molecular weight is 322 g/mol. The van der Waals surface area contributed by atoms with Gasteiger partial charge in [0.25, 0.3) is 5.69 Å². The first-order valence-corrected chi connectivity index (χ1v) is 7.49. The van der Waals surface area contributed by atoms with Crippen molar-refractivity contribution in [2.24, 2.45) is 5.10 Å². The predicted octanol–water partition coefficient (Wildman–Crippen LogP) is 1.66. The van der Waals surface area contributed by atoms with Crippen LogP contribution in [0, 0.1) is 10.1 Å². The van der Waals surface area contributed by atoms with Gasteiger partial charge in [0.1, 0.15) is 0 Å². The minimum Gasteiger partial charge on any atom is -0.396 e. The molecule has 0 radical (unpaired) electrons. The van der Waals surface area contributed by atoms with E-state index in [4.69, 9.17) is 5.11 Å². The maximum Gasteiger partial charge on any atom is 0.270 e. The van der Waals surface area contributed by atoms with Crippen LogP contribution < -0.4 is 10.3 Å². The van der Waals surface area contributed by atoms with E-state index in [-0.39, 0.29) is 24.6 Å². The summed E-state index contributed by atoms with van der Waals surface area (Å²) in [7, 11) is 0. The fourth-order valence-electron chi connectivity index (χ4n) is 2.08. The second-order valence-corrected chi connectivity index (χ2v) is 4.79. The molecule has 0 heterocycles. The van der Waals surface area contributed by atoms with E-state index in [9.17, 15) is 14.9 Å². The Morgan fingerprint density at radius 3 is 2.70 bits per heavy atom. The van der Waals surface area contributed by atoms with E-state index in [1.807, 2.05) is 18.7 Å². The van der Waals surface area contributed by atoms with Gasteiger partial charge in [0, 0.05) is 49.5 Å². The monoisotopic (exact) mass is 322 g/mol. The lowest BCUT2D eigenvalue weighted by Gasteiger charge is -2.22. The van der Waals surface area contributed by atoms with E-state index in [0.29, 0.717) is 12.0 Å². The number of aliphatic hydroxyl groups excluding tert-OH is 1. The van der Waals surface area contributed by atoms with Crippen LogP contribution in [0.5, 0.6) is 0 Å². The van der Waals surface area contributed by atoms with Gasteiger partial charge in [0.05, 0.1) is 11.1 Å². The molecular weight excluding hydrogens is 300 g/mol. The normalized spacial score (nSPS) is 10.7. The maximum absolute atomic E-state index is 11.4. The van der Waals surface area contributed by atoms with Crippen molar-refractivity contribution in [1.82, 2.24) is 5.43 Å². The molecule has 2 N–H and O–H groups in total. The van der Waals surface area contributed by atoms with Crippen LogP contribution in [-0.4, -0.2) is 41.8 Å². The van der Waals surface area contributed by atoms with E-state index >= 15 is 0 Å². The Bertz CT molecular complexity index is 571. The summed E-state index contributed by atoms with van der Waals surface area (Å²) in [5.74, 6) is -0.315. The molecule has 0 saturated heterocycles. The van der Waals surface area contributed by atoms with Crippen molar-refractivity contribution in [1.29, 1.82) is 0 Å². The second kappa shape index (κ2) is 9.52. The molecule has 1 aromatic carbocycles. The fraction of sp³-hybridized carbons (Fsp3) is 0.467. The van der Waals surface area contributed by atoms with E-state index in [0.717, 1.165) is 18.8 Å². The van der Waals surface area contributed by atoms with Crippen molar-refractivity contribution in [3.63, 3.8) is 0 Å². The minimum atomic E-state index is -0.469. The van der Waals surface area contributed by atoms with Crippen molar-refractivity contribution < 1.29 is 14.8 Å². The topological polar surface area (TPSA) is 108 Å². The summed E-state index contributed by atoms with van der Waals surface area (Å²) < 4.78 is 0. The molecule has 0 saturated carbocycles. The van der Waals surface area contributed by atoms with Crippen LogP contribution in [0.15, 0.2) is 23.3 Å². The molecule has 1 rings (SSSR count). The zero-order valence-electron chi connectivity index (χ0n) is 13.4. The Morgan fingerprint density at radius 2 is 2.13 bits per heavy atom. The highest BCUT2D eigenvalue weighted by atomic mass is 16.6. The number of aliphatic hydroxyl groups is 1. The molecule has 126 valence electrons. The van der Waals surface area contributed by atoms with Gasteiger partial charge < -0.3 is 10.0 Å². The number of non-ortho nitro benzene ring substituents is 1. The van der Waals surface area contributed by atoms with Crippen LogP contribution in [0.4, 0.5) is 11.4 Å². The fourth-order valence-corrected chi connectivity index (χ4v) is 2.08. The van der Waals surface area contributed by atoms with Gasteiger partial charge in [-0.15, -0.1) is 0 Å². The first kappa shape index (κ1) is 18.6. The van der Waals surface area contributed by atoms with E-state index in [1.54, 1.807) is 6.07 Å². The third kappa shape index (κ3) is 5.67. The number of rotatable bonds is 9. The summed E-state index contributed by atoms with van der Waals surface area (Å²) in [4.78, 5) is 23.9. The number of nitrogens with one attached hydrogen (secondary N) is 1. The molecule has 23 heavy (non-hydrogen) atoms. The number of nitro groups is 1. The smallest absolute Gasteiger partial charge is 0.270 e. The zero-order chi connectivity index (χ0) is 17.2. The van der Waals surface area contributed by atoms with E-state index in [2.05, 4.69) is 10.5 Å². The van der Waals surface area contributed by atoms with E-state index < -0.39 is 4.92 Å². The maximum atomic E-state index is 11.4. The summed E-state index contributed by atoms with van der Waals surface area (Å²) in [6, 6.07) is 4.56. The van der Waals surface area contributed by atoms with Crippen molar-refractivity contribution >= 4 is 23.5 Å². The lowest BCUT2D eigenvalue weighted by atomic mass is 10.1.